The summed E-state index contributed by atoms with van der Waals surface area (Å²) >= 11 is 0. The summed E-state index contributed by atoms with van der Waals surface area (Å²) in [5.41, 5.74) is 0. The van der Waals surface area contributed by atoms with E-state index in [2.05, 4.69) is 0 Å². The maximum atomic E-state index is 11.2. The van der Waals surface area contributed by atoms with E-state index in [-0.39, 0.29) is 6.61 Å². The Morgan fingerprint density at radius 2 is 1.76 bits per heavy atom. The number of aliphatic hydroxyl groups is 2. The smallest absolute Gasteiger partial charge is 0.283 e. The summed E-state index contributed by atoms with van der Waals surface area (Å²) in [4.78, 5) is 3.55. The van der Waals surface area contributed by atoms with Crippen molar-refractivity contribution in [2.75, 3.05) is 39.3 Å². The second kappa shape index (κ2) is 6.07. The lowest BCUT2D eigenvalue weighted by Crippen LogP contribution is -2.56. The Morgan fingerprint density at radius 1 is 1.24 bits per heavy atom. The fraction of sp³-hybridized carbons (Fsp3) is 1.00. The molecule has 3 N–H and O–H groups in total. The van der Waals surface area contributed by atoms with Crippen LogP contribution in [0.4, 0.5) is 0 Å². The first-order valence-corrected chi connectivity index (χ1v) is 7.08. The van der Waals surface area contributed by atoms with Crippen molar-refractivity contribution in [3.63, 3.8) is 0 Å². The minimum absolute atomic E-state index is 0.0676. The minimum atomic E-state index is -4.29. The van der Waals surface area contributed by atoms with Gasteiger partial charge in [-0.25, -0.2) is 0 Å². The number of β-amino-alcohol motifs (C(OH)–C–C–N with tert-alkyl or cyclic N) is 1. The van der Waals surface area contributed by atoms with Gasteiger partial charge in [0.15, 0.2) is 5.37 Å². The van der Waals surface area contributed by atoms with Crippen molar-refractivity contribution < 1.29 is 23.2 Å². The van der Waals surface area contributed by atoms with Gasteiger partial charge in [-0.3, -0.25) is 14.4 Å². The van der Waals surface area contributed by atoms with Crippen LogP contribution in [0, 0.1) is 0 Å². The largest absolute Gasteiger partial charge is 0.395 e. The van der Waals surface area contributed by atoms with E-state index >= 15 is 0 Å². The molecule has 17 heavy (non-hydrogen) atoms. The van der Waals surface area contributed by atoms with E-state index < -0.39 is 21.6 Å². The quantitative estimate of drug-likeness (QED) is 0.505. The lowest BCUT2D eigenvalue weighted by Gasteiger charge is -2.38. The van der Waals surface area contributed by atoms with Gasteiger partial charge in [0, 0.05) is 32.7 Å². The van der Waals surface area contributed by atoms with Crippen LogP contribution in [0.2, 0.25) is 0 Å². The minimum Gasteiger partial charge on any atom is -0.395 e. The van der Waals surface area contributed by atoms with Gasteiger partial charge in [-0.2, -0.15) is 8.42 Å². The first-order chi connectivity index (χ1) is 7.86. The standard InChI is InChI=1S/C9H20N2O5S/c1-8(13)9(17(14,15)16)11-4-2-10(3-5-11)6-7-12/h8-9,12-13H,2-7H2,1H3,(H,14,15,16)/t8-,9-/m0/s1. The zero-order valence-corrected chi connectivity index (χ0v) is 10.7. The highest BCUT2D eigenvalue weighted by Crippen LogP contribution is 2.14. The summed E-state index contributed by atoms with van der Waals surface area (Å²) in [6.07, 6.45) is -1.14. The highest BCUT2D eigenvalue weighted by molar-refractivity contribution is 7.86. The van der Waals surface area contributed by atoms with E-state index in [1.807, 2.05) is 4.90 Å². The summed E-state index contributed by atoms with van der Waals surface area (Å²) in [6, 6.07) is 0. The average Bonchev–Trinajstić information content (AvgIpc) is 2.18. The zero-order chi connectivity index (χ0) is 13.1. The van der Waals surface area contributed by atoms with Crippen LogP contribution in [-0.4, -0.2) is 83.8 Å². The summed E-state index contributed by atoms with van der Waals surface area (Å²) in [6.45, 7) is 4.07. The summed E-state index contributed by atoms with van der Waals surface area (Å²) in [5, 5.41) is 16.9. The molecule has 2 atom stereocenters. The van der Waals surface area contributed by atoms with E-state index in [1.54, 1.807) is 4.90 Å². The van der Waals surface area contributed by atoms with Gasteiger partial charge in [0.2, 0.25) is 0 Å². The Bertz CT molecular complexity index is 324. The number of rotatable bonds is 5. The molecule has 0 radical (unpaired) electrons. The number of hydrogen-bond donors (Lipinski definition) is 3. The van der Waals surface area contributed by atoms with Crippen molar-refractivity contribution in [3.8, 4) is 0 Å². The molecule has 0 aliphatic carbocycles. The van der Waals surface area contributed by atoms with E-state index in [0.29, 0.717) is 32.7 Å². The second-order valence-electron chi connectivity index (χ2n) is 4.25. The van der Waals surface area contributed by atoms with Crippen LogP contribution in [0.1, 0.15) is 6.92 Å². The van der Waals surface area contributed by atoms with Gasteiger partial charge in [0.05, 0.1) is 12.7 Å². The molecule has 1 aliphatic heterocycles. The molecule has 1 saturated heterocycles. The number of nitrogens with zero attached hydrogens (tertiary/aromatic N) is 2. The number of aliphatic hydroxyl groups excluding tert-OH is 2. The third-order valence-corrected chi connectivity index (χ3v) is 4.20. The van der Waals surface area contributed by atoms with Crippen molar-refractivity contribution in [1.82, 2.24) is 9.80 Å². The van der Waals surface area contributed by atoms with Crippen LogP contribution in [0.25, 0.3) is 0 Å². The first kappa shape index (κ1) is 14.8. The zero-order valence-electron chi connectivity index (χ0n) is 9.86. The summed E-state index contributed by atoms with van der Waals surface area (Å²) in [5.74, 6) is 0. The van der Waals surface area contributed by atoms with Gasteiger partial charge in [0.1, 0.15) is 0 Å². The molecular weight excluding hydrogens is 248 g/mol. The predicted molar refractivity (Wildman–Crippen MR) is 62.1 cm³/mol. The molecule has 0 spiro atoms. The molecular formula is C9H20N2O5S. The highest BCUT2D eigenvalue weighted by atomic mass is 32.2. The lowest BCUT2D eigenvalue weighted by molar-refractivity contribution is 0.0526. The highest BCUT2D eigenvalue weighted by Gasteiger charge is 2.35. The van der Waals surface area contributed by atoms with Crippen LogP contribution in [-0.2, 0) is 10.1 Å². The molecule has 102 valence electrons. The van der Waals surface area contributed by atoms with Gasteiger partial charge >= 0.3 is 0 Å². The molecule has 1 aliphatic rings. The molecule has 0 unspecified atom stereocenters. The first-order valence-electron chi connectivity index (χ1n) is 5.58. The van der Waals surface area contributed by atoms with E-state index in [1.165, 1.54) is 6.92 Å². The van der Waals surface area contributed by atoms with E-state index in [4.69, 9.17) is 9.66 Å². The van der Waals surface area contributed by atoms with Crippen molar-refractivity contribution >= 4 is 10.1 Å². The molecule has 7 nitrogen and oxygen atoms in total. The molecule has 0 saturated carbocycles. The fourth-order valence-corrected chi connectivity index (χ4v) is 3.21. The molecule has 0 bridgehead atoms. The predicted octanol–water partition coefficient (Wildman–Crippen LogP) is -1.81. The Kier molecular flexibility index (Phi) is 5.29. The normalized spacial score (nSPS) is 23.5. The second-order valence-corrected chi connectivity index (χ2v) is 5.76. The van der Waals surface area contributed by atoms with Gasteiger partial charge in [-0.1, -0.05) is 0 Å². The average molecular weight is 268 g/mol. The monoisotopic (exact) mass is 268 g/mol. The van der Waals surface area contributed by atoms with Crippen molar-refractivity contribution in [3.05, 3.63) is 0 Å². The molecule has 1 rings (SSSR count). The molecule has 0 aromatic rings. The Labute approximate surface area is 101 Å². The fourth-order valence-electron chi connectivity index (χ4n) is 2.13. The third-order valence-electron chi connectivity index (χ3n) is 2.90. The topological polar surface area (TPSA) is 101 Å². The molecule has 0 aromatic heterocycles. The Hall–Kier alpha value is -0.250. The van der Waals surface area contributed by atoms with Crippen molar-refractivity contribution in [2.45, 2.75) is 18.4 Å². The third kappa shape index (κ3) is 4.16. The van der Waals surface area contributed by atoms with Crippen LogP contribution in [0.5, 0.6) is 0 Å². The number of hydrogen-bond acceptors (Lipinski definition) is 6. The van der Waals surface area contributed by atoms with Gasteiger partial charge < -0.3 is 10.2 Å². The maximum Gasteiger partial charge on any atom is 0.283 e. The van der Waals surface area contributed by atoms with Crippen LogP contribution in [0.15, 0.2) is 0 Å². The molecule has 8 heteroatoms. The molecule has 1 heterocycles. The molecule has 0 amide bonds. The molecule has 1 fully saturated rings. The Balaban J connectivity index is 2.62. The molecule has 0 aromatic carbocycles. The maximum absolute atomic E-state index is 11.2. The van der Waals surface area contributed by atoms with Crippen LogP contribution >= 0.6 is 0 Å². The van der Waals surface area contributed by atoms with Gasteiger partial charge in [-0.15, -0.1) is 0 Å². The summed E-state index contributed by atoms with van der Waals surface area (Å²) in [7, 11) is -4.29. The van der Waals surface area contributed by atoms with E-state index in [0.717, 1.165) is 0 Å². The van der Waals surface area contributed by atoms with Crippen LogP contribution in [0.3, 0.4) is 0 Å². The lowest BCUT2D eigenvalue weighted by atomic mass is 10.2. The van der Waals surface area contributed by atoms with Crippen LogP contribution < -0.4 is 0 Å². The number of piperazine rings is 1. The summed E-state index contributed by atoms with van der Waals surface area (Å²) < 4.78 is 31.4. The van der Waals surface area contributed by atoms with Crippen molar-refractivity contribution in [2.24, 2.45) is 0 Å². The van der Waals surface area contributed by atoms with Gasteiger partial charge in [-0.05, 0) is 6.92 Å². The van der Waals surface area contributed by atoms with Crippen molar-refractivity contribution in [1.29, 1.82) is 0 Å². The van der Waals surface area contributed by atoms with E-state index in [9.17, 15) is 13.5 Å². The van der Waals surface area contributed by atoms with Gasteiger partial charge in [0.25, 0.3) is 10.1 Å². The Morgan fingerprint density at radius 3 is 2.12 bits per heavy atom. The SMILES string of the molecule is C[C@H](O)[C@@H](N1CCN(CCO)CC1)S(=O)(=O)O.